The summed E-state index contributed by atoms with van der Waals surface area (Å²) in [5, 5.41) is 39.5. The van der Waals surface area contributed by atoms with E-state index in [1.54, 1.807) is 6.07 Å². The third kappa shape index (κ3) is 4.98. The highest BCUT2D eigenvalue weighted by Crippen LogP contribution is 2.30. The van der Waals surface area contributed by atoms with Crippen molar-refractivity contribution in [2.45, 2.75) is 37.3 Å². The fourth-order valence-corrected chi connectivity index (χ4v) is 3.51. The van der Waals surface area contributed by atoms with Gasteiger partial charge < -0.3 is 41.1 Å². The van der Waals surface area contributed by atoms with Gasteiger partial charge in [-0.3, -0.25) is 4.79 Å². The summed E-state index contributed by atoms with van der Waals surface area (Å²) in [5.41, 5.74) is 3.82. The predicted molar refractivity (Wildman–Crippen MR) is 115 cm³/mol. The van der Waals surface area contributed by atoms with Crippen LogP contribution in [0.25, 0.3) is 0 Å². The van der Waals surface area contributed by atoms with E-state index in [4.69, 9.17) is 15.2 Å². The van der Waals surface area contributed by atoms with Crippen molar-refractivity contribution in [2.24, 2.45) is 10.9 Å². The van der Waals surface area contributed by atoms with Crippen molar-refractivity contribution in [3.8, 4) is 5.75 Å². The van der Waals surface area contributed by atoms with Gasteiger partial charge in [-0.15, -0.1) is 0 Å². The highest BCUT2D eigenvalue weighted by atomic mass is 32.2. The lowest BCUT2D eigenvalue weighted by Gasteiger charge is -2.29. The molecule has 0 aliphatic carbocycles. The first kappa shape index (κ1) is 23.4. The molecular weight excluding hydrogens is 443 g/mol. The lowest BCUT2D eigenvalue weighted by Crippen LogP contribution is -2.55. The number of hydrogen-bond donors (Lipinski definition) is 6. The number of nitrogens with zero attached hydrogens (tertiary/aromatic N) is 1. The van der Waals surface area contributed by atoms with Gasteiger partial charge in [-0.2, -0.15) is 0 Å². The number of benzene rings is 1. The third-order valence-electron chi connectivity index (χ3n) is 4.65. The molecule has 0 bridgehead atoms. The summed E-state index contributed by atoms with van der Waals surface area (Å²) in [4.78, 5) is 40.7. The number of amides is 1. The molecule has 2 atom stereocenters. The predicted octanol–water partition coefficient (Wildman–Crippen LogP) is -0.520. The number of carbonyl (C=O) groups is 3. The summed E-state index contributed by atoms with van der Waals surface area (Å²) >= 11 is 1.17. The number of aliphatic carboxylic acids is 1. The lowest BCUT2D eigenvalue weighted by molar-refractivity contribution is -0.161. The molecule has 12 nitrogen and oxygen atoms in total. The maximum atomic E-state index is 13.0. The maximum Gasteiger partial charge on any atom is 0.547 e. The van der Waals surface area contributed by atoms with Gasteiger partial charge in [0.1, 0.15) is 11.2 Å². The van der Waals surface area contributed by atoms with Crippen LogP contribution in [-0.4, -0.2) is 63.0 Å². The number of para-hydroxylation sites is 1. The lowest BCUT2D eigenvalue weighted by atomic mass is 9.72. The molecule has 170 valence electrons. The fraction of sp³-hybridized carbons (Fsp3) is 0.333. The summed E-state index contributed by atoms with van der Waals surface area (Å²) in [5.74, 6) is -4.20. The van der Waals surface area contributed by atoms with Gasteiger partial charge in [-0.1, -0.05) is 29.1 Å². The molecule has 0 fully saturated rings. The second kappa shape index (κ2) is 9.10. The molecule has 0 saturated heterocycles. The zero-order valence-corrected chi connectivity index (χ0v) is 17.9. The van der Waals surface area contributed by atoms with Crippen molar-refractivity contribution in [1.82, 2.24) is 10.6 Å². The summed E-state index contributed by atoms with van der Waals surface area (Å²) in [6.45, 7) is 2.53. The van der Waals surface area contributed by atoms with Gasteiger partial charge in [0, 0.05) is 5.41 Å². The second-order valence-corrected chi connectivity index (χ2v) is 8.49. The van der Waals surface area contributed by atoms with E-state index in [1.165, 1.54) is 43.2 Å². The average molecular weight is 464 g/mol. The van der Waals surface area contributed by atoms with E-state index in [-0.39, 0.29) is 29.1 Å². The van der Waals surface area contributed by atoms with Crippen LogP contribution >= 0.6 is 11.8 Å². The number of nitrogens with one attached hydrogen (secondary N) is 2. The molecular formula is C18H21BN4O8S. The number of thioether (sulfide) groups is 1. The Morgan fingerprint density at radius 3 is 2.69 bits per heavy atom. The van der Waals surface area contributed by atoms with E-state index in [0.29, 0.717) is 5.56 Å². The molecule has 3 rings (SSSR count). The highest BCUT2D eigenvalue weighted by molar-refractivity contribution is 8.02. The molecule has 2 aliphatic heterocycles. The van der Waals surface area contributed by atoms with Gasteiger partial charge in [0.25, 0.3) is 5.91 Å². The monoisotopic (exact) mass is 464 g/mol. The fourth-order valence-electron chi connectivity index (χ4n) is 2.85. The Balaban J connectivity index is 1.82. The number of rotatable bonds is 7. The summed E-state index contributed by atoms with van der Waals surface area (Å²) in [7, 11) is -1.54. The quantitative estimate of drug-likeness (QED) is 0.173. The number of carboxylic acids is 2. The molecule has 1 aromatic carbocycles. The van der Waals surface area contributed by atoms with Crippen molar-refractivity contribution in [3.05, 3.63) is 40.4 Å². The number of carboxylic acid groups (broad SMARTS) is 2. The Morgan fingerprint density at radius 2 is 2.09 bits per heavy atom. The normalized spacial score (nSPS) is 20.4. The molecule has 0 radical (unpaired) electrons. The minimum absolute atomic E-state index is 0.0287. The molecule has 32 heavy (non-hydrogen) atoms. The van der Waals surface area contributed by atoms with Gasteiger partial charge in [-0.05, 0) is 31.9 Å². The summed E-state index contributed by atoms with van der Waals surface area (Å²) in [6, 6.07) is 4.50. The van der Waals surface area contributed by atoms with Gasteiger partial charge in [-0.25, -0.2) is 9.59 Å². The Kier molecular flexibility index (Phi) is 6.67. The molecule has 14 heteroatoms. The minimum Gasteiger partial charge on any atom is -0.534 e. The SMILES string of the molecule is CC(C)(O/N=C(\C(=O)NC1Cc2cccc(C(=O)O)c2OB1O)C1=CSC(N)N1)C(=O)O. The number of fused-ring (bicyclic) bond motifs is 1. The highest BCUT2D eigenvalue weighted by Gasteiger charge is 2.39. The van der Waals surface area contributed by atoms with Crippen molar-refractivity contribution >= 4 is 42.4 Å². The zero-order valence-electron chi connectivity index (χ0n) is 17.1. The van der Waals surface area contributed by atoms with Crippen molar-refractivity contribution < 1.29 is 39.1 Å². The van der Waals surface area contributed by atoms with Crippen molar-refractivity contribution in [3.63, 3.8) is 0 Å². The minimum atomic E-state index is -1.71. The first-order valence-electron chi connectivity index (χ1n) is 9.38. The van der Waals surface area contributed by atoms with Crippen molar-refractivity contribution in [2.75, 3.05) is 0 Å². The van der Waals surface area contributed by atoms with Crippen LogP contribution in [0.2, 0.25) is 0 Å². The Morgan fingerprint density at radius 1 is 1.38 bits per heavy atom. The van der Waals surface area contributed by atoms with Crippen LogP contribution in [0.3, 0.4) is 0 Å². The molecule has 0 saturated carbocycles. The molecule has 1 amide bonds. The first-order chi connectivity index (χ1) is 15.0. The van der Waals surface area contributed by atoms with Gasteiger partial charge in [0.2, 0.25) is 5.60 Å². The van der Waals surface area contributed by atoms with Gasteiger partial charge >= 0.3 is 19.1 Å². The van der Waals surface area contributed by atoms with E-state index >= 15 is 0 Å². The first-order valence-corrected chi connectivity index (χ1v) is 10.3. The zero-order chi connectivity index (χ0) is 23.6. The van der Waals surface area contributed by atoms with Crippen molar-refractivity contribution in [1.29, 1.82) is 0 Å². The van der Waals surface area contributed by atoms with E-state index < -0.39 is 42.0 Å². The largest absolute Gasteiger partial charge is 0.547 e. The van der Waals surface area contributed by atoms with Gasteiger partial charge in [0.05, 0.1) is 17.2 Å². The number of aromatic carboxylic acids is 1. The molecule has 0 aromatic heterocycles. The van der Waals surface area contributed by atoms with Crippen LogP contribution in [0.15, 0.2) is 34.5 Å². The molecule has 7 N–H and O–H groups in total. The standard InChI is InChI=1S/C18H21BN4O8S/c1-18(2,16(27)28)31-23-12(10-7-32-17(20)21-10)14(24)22-11-6-8-4-3-5-9(15(25)26)13(8)30-19(11)29/h3-5,7,11,17,21,29H,6,20H2,1-2H3,(H,22,24)(H,25,26)(H,27,28)/b23-12-. The van der Waals surface area contributed by atoms with Crippen LogP contribution in [0.1, 0.15) is 29.8 Å². The summed E-state index contributed by atoms with van der Waals surface area (Å²) in [6.07, 6.45) is 0.0822. The van der Waals surface area contributed by atoms with Crippen LogP contribution in [-0.2, 0) is 20.8 Å². The smallest absolute Gasteiger partial charge is 0.534 e. The van der Waals surface area contributed by atoms with Gasteiger partial charge in [0.15, 0.2) is 5.71 Å². The Labute approximate surface area is 187 Å². The maximum absolute atomic E-state index is 13.0. The number of oxime groups is 1. The Bertz CT molecular complexity index is 1010. The van der Waals surface area contributed by atoms with Crippen LogP contribution < -0.4 is 21.0 Å². The van der Waals surface area contributed by atoms with E-state index in [1.807, 2.05) is 0 Å². The average Bonchev–Trinajstić information content (AvgIpc) is 3.13. The van der Waals surface area contributed by atoms with Crippen LogP contribution in [0, 0.1) is 0 Å². The topological polar surface area (TPSA) is 193 Å². The molecule has 0 spiro atoms. The van der Waals surface area contributed by atoms with Crippen LogP contribution in [0.4, 0.5) is 0 Å². The van der Waals surface area contributed by atoms with E-state index in [9.17, 15) is 29.6 Å². The van der Waals surface area contributed by atoms with E-state index in [2.05, 4.69) is 15.8 Å². The molecule has 1 aromatic rings. The second-order valence-electron chi connectivity index (χ2n) is 7.47. The molecule has 2 aliphatic rings. The number of carbonyl (C=O) groups excluding carboxylic acids is 1. The third-order valence-corrected chi connectivity index (χ3v) is 5.43. The molecule has 2 heterocycles. The number of hydrogen-bond acceptors (Lipinski definition) is 10. The van der Waals surface area contributed by atoms with Crippen LogP contribution in [0.5, 0.6) is 5.75 Å². The number of nitrogens with two attached hydrogens (primary N) is 1. The Hall–Kier alpha value is -3.23. The summed E-state index contributed by atoms with van der Waals surface area (Å²) < 4.78 is 5.36. The van der Waals surface area contributed by atoms with E-state index in [0.717, 1.165) is 0 Å². The molecule has 2 unspecified atom stereocenters.